The molecule has 1 saturated heterocycles. The lowest BCUT2D eigenvalue weighted by molar-refractivity contribution is -0.385. The largest absolute Gasteiger partial charge is 0.484 e. The molecule has 3 rings (SSSR count). The fourth-order valence-corrected chi connectivity index (χ4v) is 3.92. The van der Waals surface area contributed by atoms with E-state index in [1.165, 1.54) is 6.07 Å². The van der Waals surface area contributed by atoms with Gasteiger partial charge in [-0.15, -0.1) is 0 Å². The fourth-order valence-electron chi connectivity index (χ4n) is 3.92. The van der Waals surface area contributed by atoms with Crippen LogP contribution in [0.15, 0.2) is 42.5 Å². The highest BCUT2D eigenvalue weighted by Gasteiger charge is 2.29. The number of ether oxygens (including phenoxy) is 1. The highest BCUT2D eigenvalue weighted by molar-refractivity contribution is 6.04. The molecule has 1 heterocycles. The number of hydrogen-bond donors (Lipinski definition) is 1. The number of anilines is 1. The Morgan fingerprint density at radius 3 is 2.39 bits per heavy atom. The van der Waals surface area contributed by atoms with Crippen molar-refractivity contribution in [2.45, 2.75) is 52.1 Å². The van der Waals surface area contributed by atoms with E-state index in [9.17, 15) is 19.7 Å². The summed E-state index contributed by atoms with van der Waals surface area (Å²) in [6, 6.07) is 11.4. The first-order valence-corrected chi connectivity index (χ1v) is 10.4. The lowest BCUT2D eigenvalue weighted by atomic mass is 9.97. The topological polar surface area (TPSA) is 102 Å². The molecule has 0 aliphatic carbocycles. The Bertz CT molecular complexity index is 964. The van der Waals surface area contributed by atoms with E-state index in [0.717, 1.165) is 19.3 Å². The number of amides is 2. The Hall–Kier alpha value is -3.42. The average Bonchev–Trinajstić information content (AvgIpc) is 2.73. The van der Waals surface area contributed by atoms with Crippen LogP contribution in [0, 0.1) is 17.0 Å². The number of nitro groups is 1. The third-order valence-electron chi connectivity index (χ3n) is 5.62. The highest BCUT2D eigenvalue weighted by atomic mass is 16.6. The van der Waals surface area contributed by atoms with Crippen LogP contribution in [0.2, 0.25) is 0 Å². The molecule has 0 spiro atoms. The summed E-state index contributed by atoms with van der Waals surface area (Å²) >= 11 is 0. The van der Waals surface area contributed by atoms with E-state index < -0.39 is 10.8 Å². The van der Waals surface area contributed by atoms with Gasteiger partial charge in [0.15, 0.2) is 6.61 Å². The SMILES string of the molecule is Cc1ccc(NC(=O)c2ccc(OCC(=O)N3C(C)CCCC3C)cc2)cc1[N+](=O)[O-]. The van der Waals surface area contributed by atoms with Crippen molar-refractivity contribution in [3.8, 4) is 5.75 Å². The quantitative estimate of drug-likeness (QED) is 0.548. The third kappa shape index (κ3) is 5.39. The number of nitrogens with zero attached hydrogens (tertiary/aromatic N) is 2. The van der Waals surface area contributed by atoms with E-state index >= 15 is 0 Å². The van der Waals surface area contributed by atoms with E-state index in [4.69, 9.17) is 4.74 Å². The number of nitro benzene ring substituents is 1. The first-order valence-electron chi connectivity index (χ1n) is 10.4. The summed E-state index contributed by atoms with van der Waals surface area (Å²) in [7, 11) is 0. The maximum atomic E-state index is 12.6. The zero-order chi connectivity index (χ0) is 22.5. The second-order valence-corrected chi connectivity index (χ2v) is 7.96. The van der Waals surface area contributed by atoms with E-state index in [-0.39, 0.29) is 30.3 Å². The maximum absolute atomic E-state index is 12.6. The van der Waals surface area contributed by atoms with Gasteiger partial charge >= 0.3 is 0 Å². The van der Waals surface area contributed by atoms with Crippen LogP contribution in [0.5, 0.6) is 5.75 Å². The van der Waals surface area contributed by atoms with Crippen molar-refractivity contribution in [2.75, 3.05) is 11.9 Å². The van der Waals surface area contributed by atoms with Gasteiger partial charge < -0.3 is 15.0 Å². The van der Waals surface area contributed by atoms with Crippen molar-refractivity contribution < 1.29 is 19.2 Å². The molecule has 0 radical (unpaired) electrons. The molecular formula is C23H27N3O5. The van der Waals surface area contributed by atoms with Crippen LogP contribution in [-0.2, 0) is 4.79 Å². The number of aryl methyl sites for hydroxylation is 1. The number of nitrogens with one attached hydrogen (secondary N) is 1. The predicted octanol–water partition coefficient (Wildman–Crippen LogP) is 4.32. The molecule has 2 unspecified atom stereocenters. The van der Waals surface area contributed by atoms with Gasteiger partial charge in [-0.25, -0.2) is 0 Å². The smallest absolute Gasteiger partial charge is 0.274 e. The van der Waals surface area contributed by atoms with Gasteiger partial charge in [-0.05, 0) is 70.4 Å². The van der Waals surface area contributed by atoms with Gasteiger partial charge in [0.25, 0.3) is 17.5 Å². The summed E-state index contributed by atoms with van der Waals surface area (Å²) in [5, 5.41) is 13.7. The molecule has 1 aliphatic heterocycles. The minimum atomic E-state index is -0.482. The van der Waals surface area contributed by atoms with Crippen molar-refractivity contribution in [3.63, 3.8) is 0 Å². The predicted molar refractivity (Wildman–Crippen MR) is 117 cm³/mol. The van der Waals surface area contributed by atoms with Crippen molar-refractivity contribution in [1.29, 1.82) is 0 Å². The Labute approximate surface area is 181 Å². The molecule has 0 aromatic heterocycles. The van der Waals surface area contributed by atoms with Gasteiger partial charge in [0.1, 0.15) is 5.75 Å². The van der Waals surface area contributed by atoms with Gasteiger partial charge in [-0.1, -0.05) is 6.07 Å². The summed E-state index contributed by atoms with van der Waals surface area (Å²) in [4.78, 5) is 37.5. The Kier molecular flexibility index (Phi) is 6.89. The van der Waals surface area contributed by atoms with Gasteiger partial charge in [0.2, 0.25) is 0 Å². The summed E-state index contributed by atoms with van der Waals surface area (Å²) < 4.78 is 5.63. The molecule has 8 heteroatoms. The molecule has 0 bridgehead atoms. The molecular weight excluding hydrogens is 398 g/mol. The minimum Gasteiger partial charge on any atom is -0.484 e. The molecule has 1 fully saturated rings. The number of carbonyl (C=O) groups is 2. The Morgan fingerprint density at radius 1 is 1.13 bits per heavy atom. The van der Waals surface area contributed by atoms with Crippen molar-refractivity contribution in [2.24, 2.45) is 0 Å². The van der Waals surface area contributed by atoms with Crippen LogP contribution >= 0.6 is 0 Å². The minimum absolute atomic E-state index is 0.0394. The number of piperidine rings is 1. The summed E-state index contributed by atoms with van der Waals surface area (Å²) in [6.07, 6.45) is 3.14. The summed E-state index contributed by atoms with van der Waals surface area (Å²) in [5.74, 6) is 0.0624. The molecule has 0 saturated carbocycles. The van der Waals surface area contributed by atoms with Crippen LogP contribution in [0.1, 0.15) is 49.0 Å². The van der Waals surface area contributed by atoms with E-state index in [1.807, 2.05) is 4.90 Å². The second kappa shape index (κ2) is 9.59. The van der Waals surface area contributed by atoms with Crippen molar-refractivity contribution >= 4 is 23.2 Å². The molecule has 164 valence electrons. The molecule has 2 aromatic carbocycles. The van der Waals surface area contributed by atoms with Crippen LogP contribution in [0.25, 0.3) is 0 Å². The molecule has 8 nitrogen and oxygen atoms in total. The first kappa shape index (κ1) is 22.3. The van der Waals surface area contributed by atoms with Gasteiger partial charge in [0, 0.05) is 35.0 Å². The van der Waals surface area contributed by atoms with E-state index in [2.05, 4.69) is 19.2 Å². The standard InChI is InChI=1S/C23H27N3O5/c1-15-7-10-19(13-21(15)26(29)30)24-23(28)18-8-11-20(12-9-18)31-14-22(27)25-16(2)5-4-6-17(25)3/h7-13,16-17H,4-6,14H2,1-3H3,(H,24,28). The molecule has 2 aromatic rings. The van der Waals surface area contributed by atoms with Crippen LogP contribution in [0.3, 0.4) is 0 Å². The number of rotatable bonds is 6. The Morgan fingerprint density at radius 2 is 1.77 bits per heavy atom. The lowest BCUT2D eigenvalue weighted by Crippen LogP contribution is -2.49. The molecule has 2 atom stereocenters. The number of carbonyl (C=O) groups excluding carboxylic acids is 2. The van der Waals surface area contributed by atoms with Crippen LogP contribution < -0.4 is 10.1 Å². The zero-order valence-corrected chi connectivity index (χ0v) is 18.0. The normalized spacial score (nSPS) is 18.4. The number of benzene rings is 2. The molecule has 2 amide bonds. The fraction of sp³-hybridized carbons (Fsp3) is 0.391. The van der Waals surface area contributed by atoms with Gasteiger partial charge in [-0.3, -0.25) is 19.7 Å². The van der Waals surface area contributed by atoms with Crippen molar-refractivity contribution in [3.05, 3.63) is 63.7 Å². The second-order valence-electron chi connectivity index (χ2n) is 7.96. The number of hydrogen-bond acceptors (Lipinski definition) is 5. The maximum Gasteiger partial charge on any atom is 0.274 e. The average molecular weight is 425 g/mol. The third-order valence-corrected chi connectivity index (χ3v) is 5.62. The van der Waals surface area contributed by atoms with Crippen LogP contribution in [-0.4, -0.2) is 40.3 Å². The first-order chi connectivity index (χ1) is 14.8. The molecule has 31 heavy (non-hydrogen) atoms. The van der Waals surface area contributed by atoms with Crippen LogP contribution in [0.4, 0.5) is 11.4 Å². The number of likely N-dealkylation sites (tertiary alicyclic amines) is 1. The Balaban J connectivity index is 1.58. The highest BCUT2D eigenvalue weighted by Crippen LogP contribution is 2.24. The molecule has 1 N–H and O–H groups in total. The van der Waals surface area contributed by atoms with E-state index in [1.54, 1.807) is 43.3 Å². The summed E-state index contributed by atoms with van der Waals surface area (Å²) in [6.45, 7) is 5.71. The monoisotopic (exact) mass is 425 g/mol. The summed E-state index contributed by atoms with van der Waals surface area (Å²) in [5.41, 5.74) is 1.19. The molecule has 1 aliphatic rings. The lowest BCUT2D eigenvalue weighted by Gasteiger charge is -2.38. The van der Waals surface area contributed by atoms with Gasteiger partial charge in [-0.2, -0.15) is 0 Å². The zero-order valence-electron chi connectivity index (χ0n) is 18.0. The van der Waals surface area contributed by atoms with E-state index in [0.29, 0.717) is 22.6 Å². The van der Waals surface area contributed by atoms with Crippen molar-refractivity contribution in [1.82, 2.24) is 4.90 Å². The van der Waals surface area contributed by atoms with Gasteiger partial charge in [0.05, 0.1) is 4.92 Å².